The quantitative estimate of drug-likeness (QED) is 0.907. The maximum atomic E-state index is 12.2. The Morgan fingerprint density at radius 1 is 1.35 bits per heavy atom. The molecule has 2 rings (SSSR count). The molecule has 0 aliphatic rings. The van der Waals surface area contributed by atoms with Crippen molar-refractivity contribution < 1.29 is 9.84 Å². The van der Waals surface area contributed by atoms with E-state index < -0.39 is 0 Å². The van der Waals surface area contributed by atoms with Crippen molar-refractivity contribution in [2.45, 2.75) is 26.3 Å². The zero-order valence-corrected chi connectivity index (χ0v) is 11.6. The van der Waals surface area contributed by atoms with Crippen LogP contribution in [0.4, 0.5) is 0 Å². The molecule has 0 aliphatic heterocycles. The van der Waals surface area contributed by atoms with E-state index in [0.717, 1.165) is 5.56 Å². The third-order valence-corrected chi connectivity index (χ3v) is 2.95. The Morgan fingerprint density at radius 3 is 2.80 bits per heavy atom. The number of benzene rings is 1. The first-order valence-electron chi connectivity index (χ1n) is 6.57. The molecule has 0 fully saturated rings. The first-order valence-corrected chi connectivity index (χ1v) is 6.57. The first-order chi connectivity index (χ1) is 9.63. The minimum absolute atomic E-state index is 0.0266. The summed E-state index contributed by atoms with van der Waals surface area (Å²) in [5.74, 6) is 0.597. The summed E-state index contributed by atoms with van der Waals surface area (Å²) in [5, 5.41) is 9.04. The lowest BCUT2D eigenvalue weighted by molar-refractivity contribution is 0.297. The SMILES string of the molecule is CC(C)n1ccnc(Oc2ccccc2CCO)c1=O. The zero-order valence-electron chi connectivity index (χ0n) is 11.6. The van der Waals surface area contributed by atoms with Crippen molar-refractivity contribution in [2.24, 2.45) is 0 Å². The predicted molar refractivity (Wildman–Crippen MR) is 76.2 cm³/mol. The van der Waals surface area contributed by atoms with E-state index in [1.165, 1.54) is 0 Å². The molecule has 1 heterocycles. The van der Waals surface area contributed by atoms with Crippen LogP contribution in [0.1, 0.15) is 25.5 Å². The van der Waals surface area contributed by atoms with Crippen LogP contribution >= 0.6 is 0 Å². The summed E-state index contributed by atoms with van der Waals surface area (Å²) >= 11 is 0. The molecule has 0 radical (unpaired) electrons. The fraction of sp³-hybridized carbons (Fsp3) is 0.333. The van der Waals surface area contributed by atoms with Gasteiger partial charge < -0.3 is 14.4 Å². The lowest BCUT2D eigenvalue weighted by Gasteiger charge is -2.12. The van der Waals surface area contributed by atoms with Crippen molar-refractivity contribution in [2.75, 3.05) is 6.61 Å². The molecule has 0 saturated carbocycles. The van der Waals surface area contributed by atoms with Gasteiger partial charge in [0.2, 0.25) is 0 Å². The van der Waals surface area contributed by atoms with Crippen LogP contribution in [-0.4, -0.2) is 21.3 Å². The average molecular weight is 274 g/mol. The second-order valence-electron chi connectivity index (χ2n) is 4.72. The average Bonchev–Trinajstić information content (AvgIpc) is 2.43. The summed E-state index contributed by atoms with van der Waals surface area (Å²) in [6.07, 6.45) is 3.66. The van der Waals surface area contributed by atoms with Crippen LogP contribution in [0.15, 0.2) is 41.5 Å². The Balaban J connectivity index is 2.36. The van der Waals surface area contributed by atoms with E-state index in [1.807, 2.05) is 32.0 Å². The summed E-state index contributed by atoms with van der Waals surface area (Å²) < 4.78 is 7.19. The van der Waals surface area contributed by atoms with Crippen LogP contribution in [0.3, 0.4) is 0 Å². The monoisotopic (exact) mass is 274 g/mol. The molecule has 0 aliphatic carbocycles. The van der Waals surface area contributed by atoms with E-state index in [2.05, 4.69) is 4.98 Å². The molecule has 0 spiro atoms. The molecule has 1 aromatic heterocycles. The zero-order chi connectivity index (χ0) is 14.5. The standard InChI is InChI=1S/C15H18N2O3/c1-11(2)17-9-8-16-14(15(17)19)20-13-6-4-3-5-12(13)7-10-18/h3-6,8-9,11,18H,7,10H2,1-2H3. The van der Waals surface area contributed by atoms with Gasteiger partial charge in [0.25, 0.3) is 5.88 Å². The molecule has 0 atom stereocenters. The molecule has 106 valence electrons. The van der Waals surface area contributed by atoms with Crippen LogP contribution in [-0.2, 0) is 6.42 Å². The Morgan fingerprint density at radius 2 is 2.10 bits per heavy atom. The number of nitrogens with zero attached hydrogens (tertiary/aromatic N) is 2. The Hall–Kier alpha value is -2.14. The predicted octanol–water partition coefficient (Wildman–Crippen LogP) is 2.15. The highest BCUT2D eigenvalue weighted by Crippen LogP contribution is 2.22. The third-order valence-electron chi connectivity index (χ3n) is 2.95. The van der Waals surface area contributed by atoms with Gasteiger partial charge in [-0.25, -0.2) is 4.98 Å². The molecule has 2 aromatic rings. The van der Waals surface area contributed by atoms with Gasteiger partial charge in [0.05, 0.1) is 0 Å². The van der Waals surface area contributed by atoms with Gasteiger partial charge in [-0.15, -0.1) is 0 Å². The molecule has 0 unspecified atom stereocenters. The molecular weight excluding hydrogens is 256 g/mol. The van der Waals surface area contributed by atoms with E-state index in [9.17, 15) is 4.79 Å². The molecule has 20 heavy (non-hydrogen) atoms. The fourth-order valence-electron chi connectivity index (χ4n) is 1.92. The lowest BCUT2D eigenvalue weighted by atomic mass is 10.1. The molecule has 5 heteroatoms. The second kappa shape index (κ2) is 6.34. The summed E-state index contributed by atoms with van der Waals surface area (Å²) in [6, 6.07) is 7.34. The van der Waals surface area contributed by atoms with Crippen molar-refractivity contribution in [3.8, 4) is 11.6 Å². The number of aliphatic hydroxyl groups excluding tert-OH is 1. The van der Waals surface area contributed by atoms with Gasteiger partial charge in [-0.05, 0) is 31.9 Å². The largest absolute Gasteiger partial charge is 0.434 e. The first kappa shape index (κ1) is 14.3. The number of hydrogen-bond donors (Lipinski definition) is 1. The second-order valence-corrected chi connectivity index (χ2v) is 4.72. The van der Waals surface area contributed by atoms with Crippen LogP contribution in [0.5, 0.6) is 11.6 Å². The summed E-state index contributed by atoms with van der Waals surface area (Å²) in [6.45, 7) is 3.87. The summed E-state index contributed by atoms with van der Waals surface area (Å²) in [7, 11) is 0. The number of para-hydroxylation sites is 1. The minimum atomic E-state index is -0.263. The Kier molecular flexibility index (Phi) is 4.53. The molecular formula is C15H18N2O3. The normalized spacial score (nSPS) is 10.8. The van der Waals surface area contributed by atoms with Gasteiger partial charge in [-0.3, -0.25) is 4.79 Å². The minimum Gasteiger partial charge on any atom is -0.434 e. The van der Waals surface area contributed by atoms with Crippen LogP contribution in [0.25, 0.3) is 0 Å². The van der Waals surface area contributed by atoms with E-state index in [-0.39, 0.29) is 24.1 Å². The fourth-order valence-corrected chi connectivity index (χ4v) is 1.92. The van der Waals surface area contributed by atoms with Crippen molar-refractivity contribution >= 4 is 0 Å². The van der Waals surface area contributed by atoms with Crippen LogP contribution < -0.4 is 10.3 Å². The number of hydrogen-bond acceptors (Lipinski definition) is 4. The van der Waals surface area contributed by atoms with Gasteiger partial charge in [0.1, 0.15) is 5.75 Å². The van der Waals surface area contributed by atoms with E-state index in [0.29, 0.717) is 12.2 Å². The van der Waals surface area contributed by atoms with Crippen molar-refractivity contribution in [3.05, 3.63) is 52.6 Å². The van der Waals surface area contributed by atoms with E-state index in [4.69, 9.17) is 9.84 Å². The molecule has 0 amide bonds. The molecule has 0 bridgehead atoms. The maximum Gasteiger partial charge on any atom is 0.313 e. The molecule has 5 nitrogen and oxygen atoms in total. The maximum absolute atomic E-state index is 12.2. The van der Waals surface area contributed by atoms with Gasteiger partial charge >= 0.3 is 5.56 Å². The third kappa shape index (κ3) is 3.05. The smallest absolute Gasteiger partial charge is 0.313 e. The number of rotatable bonds is 5. The molecule has 0 saturated heterocycles. The summed E-state index contributed by atoms with van der Waals surface area (Å²) in [4.78, 5) is 16.2. The van der Waals surface area contributed by atoms with Crippen molar-refractivity contribution in [1.29, 1.82) is 0 Å². The highest BCUT2D eigenvalue weighted by Gasteiger charge is 2.11. The van der Waals surface area contributed by atoms with Crippen molar-refractivity contribution in [1.82, 2.24) is 9.55 Å². The van der Waals surface area contributed by atoms with Gasteiger partial charge in [-0.1, -0.05) is 18.2 Å². The number of aliphatic hydroxyl groups is 1. The van der Waals surface area contributed by atoms with E-state index in [1.54, 1.807) is 23.0 Å². The number of aromatic nitrogens is 2. The summed E-state index contributed by atoms with van der Waals surface area (Å²) in [5.41, 5.74) is 0.581. The van der Waals surface area contributed by atoms with Crippen LogP contribution in [0, 0.1) is 0 Å². The van der Waals surface area contributed by atoms with Crippen LogP contribution in [0.2, 0.25) is 0 Å². The Labute approximate surface area is 117 Å². The van der Waals surface area contributed by atoms with Gasteiger partial charge in [0, 0.05) is 25.0 Å². The Bertz CT molecular complexity index is 635. The highest BCUT2D eigenvalue weighted by atomic mass is 16.5. The number of ether oxygens (including phenoxy) is 1. The molecule has 1 aromatic carbocycles. The lowest BCUT2D eigenvalue weighted by Crippen LogP contribution is -2.23. The van der Waals surface area contributed by atoms with E-state index >= 15 is 0 Å². The highest BCUT2D eigenvalue weighted by molar-refractivity contribution is 5.35. The molecule has 1 N–H and O–H groups in total. The van der Waals surface area contributed by atoms with Gasteiger partial charge in [-0.2, -0.15) is 0 Å². The topological polar surface area (TPSA) is 64.3 Å². The van der Waals surface area contributed by atoms with Crippen molar-refractivity contribution in [3.63, 3.8) is 0 Å². The van der Waals surface area contributed by atoms with Gasteiger partial charge in [0.15, 0.2) is 0 Å².